The first-order chi connectivity index (χ1) is 12.6. The molecule has 2 aromatic carbocycles. The Labute approximate surface area is 152 Å². The van der Waals surface area contributed by atoms with Gasteiger partial charge in [-0.3, -0.25) is 0 Å². The number of nitrogens with zero attached hydrogens (tertiary/aromatic N) is 2. The number of nitriles is 1. The molecule has 0 spiro atoms. The minimum absolute atomic E-state index is 0.122. The molecule has 1 aliphatic carbocycles. The first-order valence-corrected chi connectivity index (χ1v) is 10.0. The molecule has 0 saturated heterocycles. The fourth-order valence-corrected chi connectivity index (χ4v) is 4.36. The molecule has 132 valence electrons. The lowest BCUT2D eigenvalue weighted by Crippen LogP contribution is -2.39. The van der Waals surface area contributed by atoms with Crippen LogP contribution in [0.1, 0.15) is 24.8 Å². The molecule has 1 fully saturated rings. The number of rotatable bonds is 3. The third-order valence-electron chi connectivity index (χ3n) is 4.88. The van der Waals surface area contributed by atoms with E-state index in [-0.39, 0.29) is 10.9 Å². The maximum absolute atomic E-state index is 12.6. The van der Waals surface area contributed by atoms with Crippen molar-refractivity contribution in [2.75, 3.05) is 11.9 Å². The molecule has 7 heteroatoms. The van der Waals surface area contributed by atoms with Crippen LogP contribution in [0, 0.1) is 17.2 Å². The maximum atomic E-state index is 12.6. The van der Waals surface area contributed by atoms with Gasteiger partial charge in [-0.05, 0) is 30.9 Å². The normalized spacial score (nSPS) is 17.9. The first kappa shape index (κ1) is 16.6. The van der Waals surface area contributed by atoms with Crippen LogP contribution >= 0.6 is 0 Å². The van der Waals surface area contributed by atoms with E-state index in [4.69, 9.17) is 0 Å². The Hall–Kier alpha value is -2.85. The summed E-state index contributed by atoms with van der Waals surface area (Å²) in [5, 5.41) is 15.6. The van der Waals surface area contributed by atoms with E-state index in [1.165, 1.54) is 12.5 Å². The molecule has 0 radical (unpaired) electrons. The van der Waals surface area contributed by atoms with Gasteiger partial charge in [0, 0.05) is 17.7 Å². The van der Waals surface area contributed by atoms with Crippen molar-refractivity contribution in [3.63, 3.8) is 0 Å². The highest BCUT2D eigenvalue weighted by molar-refractivity contribution is 7.90. The molecule has 0 unspecified atom stereocenters. The molecule has 1 saturated carbocycles. The second kappa shape index (κ2) is 6.46. The number of fused-ring (bicyclic) bond motifs is 1. The molecule has 0 atom stereocenters. The Kier molecular flexibility index (Phi) is 4.13. The monoisotopic (exact) mass is 366 g/mol. The number of benzene rings is 2. The molecule has 4 rings (SSSR count). The van der Waals surface area contributed by atoms with Crippen LogP contribution in [0.15, 0.2) is 51.8 Å². The van der Waals surface area contributed by atoms with Crippen LogP contribution in [0.4, 0.5) is 5.69 Å². The van der Waals surface area contributed by atoms with Crippen molar-refractivity contribution in [1.29, 1.82) is 5.26 Å². The molecule has 26 heavy (non-hydrogen) atoms. The third-order valence-corrected chi connectivity index (χ3v) is 6.20. The van der Waals surface area contributed by atoms with Gasteiger partial charge in [-0.15, -0.1) is 4.40 Å². The smallest absolute Gasteiger partial charge is 0.287 e. The lowest BCUT2D eigenvalue weighted by atomic mass is 9.85. The predicted molar refractivity (Wildman–Crippen MR) is 100 cm³/mol. The molecule has 0 aromatic heterocycles. The Morgan fingerprint density at radius 2 is 1.92 bits per heavy atom. The van der Waals surface area contributed by atoms with Crippen LogP contribution in [0.2, 0.25) is 0 Å². The van der Waals surface area contributed by atoms with Gasteiger partial charge in [0.05, 0.1) is 17.3 Å². The summed E-state index contributed by atoms with van der Waals surface area (Å²) in [4.78, 5) is 0.122. The van der Waals surface area contributed by atoms with Gasteiger partial charge < -0.3 is 10.6 Å². The van der Waals surface area contributed by atoms with Gasteiger partial charge >= 0.3 is 0 Å². The summed E-state index contributed by atoms with van der Waals surface area (Å²) in [5.74, 6) is 0.810. The van der Waals surface area contributed by atoms with Gasteiger partial charge in [0.25, 0.3) is 10.0 Å². The lowest BCUT2D eigenvalue weighted by Gasteiger charge is -2.28. The number of guanidine groups is 1. The quantitative estimate of drug-likeness (QED) is 0.870. The van der Waals surface area contributed by atoms with Crippen LogP contribution in [-0.4, -0.2) is 20.9 Å². The fourth-order valence-electron chi connectivity index (χ4n) is 3.24. The lowest BCUT2D eigenvalue weighted by molar-refractivity contribution is 0.315. The number of sulfonamides is 1. The Balaban J connectivity index is 1.75. The standard InChI is InChI=1S/C19H18N4O2S/c20-11-14-7-1-2-8-15(14)16-9-4-10-17-18(16)22-19(23-26(17,24)25)21-12-13-5-3-6-13/h1-2,4,7-10,13H,3,5-6,12H2,(H2,21,22,23). The van der Waals surface area contributed by atoms with Crippen molar-refractivity contribution in [3.05, 3.63) is 48.0 Å². The molecule has 6 nitrogen and oxygen atoms in total. The van der Waals surface area contributed by atoms with Crippen molar-refractivity contribution in [3.8, 4) is 17.2 Å². The highest BCUT2D eigenvalue weighted by Gasteiger charge is 2.28. The summed E-state index contributed by atoms with van der Waals surface area (Å²) in [5.41, 5.74) is 2.31. The van der Waals surface area contributed by atoms with Crippen LogP contribution in [-0.2, 0) is 10.0 Å². The van der Waals surface area contributed by atoms with Crippen LogP contribution in [0.3, 0.4) is 0 Å². The zero-order chi connectivity index (χ0) is 18.1. The van der Waals surface area contributed by atoms with Gasteiger partial charge in [0.15, 0.2) is 0 Å². The van der Waals surface area contributed by atoms with Crippen LogP contribution in [0.5, 0.6) is 0 Å². The molecule has 2 N–H and O–H groups in total. The molecular formula is C19H18N4O2S. The summed E-state index contributed by atoms with van der Waals surface area (Å²) in [6.45, 7) is 0.702. The van der Waals surface area contributed by atoms with Crippen LogP contribution < -0.4 is 10.6 Å². The minimum Gasteiger partial charge on any atom is -0.355 e. The van der Waals surface area contributed by atoms with Crippen molar-refractivity contribution in [2.45, 2.75) is 24.2 Å². The largest absolute Gasteiger partial charge is 0.355 e. The summed E-state index contributed by atoms with van der Waals surface area (Å²) < 4.78 is 29.1. The first-order valence-electron chi connectivity index (χ1n) is 8.57. The van der Waals surface area contributed by atoms with E-state index >= 15 is 0 Å². The van der Waals surface area contributed by atoms with Gasteiger partial charge in [-0.2, -0.15) is 13.7 Å². The van der Waals surface area contributed by atoms with Crippen molar-refractivity contribution in [1.82, 2.24) is 5.32 Å². The Morgan fingerprint density at radius 1 is 1.15 bits per heavy atom. The van der Waals surface area contributed by atoms with E-state index in [0.717, 1.165) is 12.8 Å². The second-order valence-corrected chi connectivity index (χ2v) is 8.13. The summed E-state index contributed by atoms with van der Waals surface area (Å²) in [6.07, 6.45) is 3.54. The van der Waals surface area contributed by atoms with E-state index < -0.39 is 10.0 Å². The highest BCUT2D eigenvalue weighted by Crippen LogP contribution is 2.37. The number of anilines is 1. The molecule has 1 aliphatic heterocycles. The molecule has 1 heterocycles. The fraction of sp³-hybridized carbons (Fsp3) is 0.263. The maximum Gasteiger partial charge on any atom is 0.287 e. The summed E-state index contributed by atoms with van der Waals surface area (Å²) >= 11 is 0. The van der Waals surface area contributed by atoms with Crippen molar-refractivity contribution >= 4 is 21.7 Å². The number of nitrogens with one attached hydrogen (secondary N) is 2. The SMILES string of the molecule is N#Cc1ccccc1-c1cccc2c1NC(NCC1CCC1)=NS2(=O)=O. The molecular weight excluding hydrogens is 348 g/mol. The average molecular weight is 366 g/mol. The summed E-state index contributed by atoms with van der Waals surface area (Å²) in [7, 11) is -3.80. The molecule has 0 amide bonds. The van der Waals surface area contributed by atoms with E-state index in [0.29, 0.717) is 34.8 Å². The number of hydrogen-bond donors (Lipinski definition) is 2. The zero-order valence-electron chi connectivity index (χ0n) is 14.1. The van der Waals surface area contributed by atoms with Crippen LogP contribution in [0.25, 0.3) is 11.1 Å². The van der Waals surface area contributed by atoms with E-state index in [1.807, 2.05) is 18.2 Å². The van der Waals surface area contributed by atoms with Crippen molar-refractivity contribution < 1.29 is 8.42 Å². The number of hydrogen-bond acceptors (Lipinski definition) is 5. The second-order valence-electron chi connectivity index (χ2n) is 6.55. The Morgan fingerprint density at radius 3 is 2.65 bits per heavy atom. The third kappa shape index (κ3) is 2.93. The highest BCUT2D eigenvalue weighted by atomic mass is 32.2. The topological polar surface area (TPSA) is 94.3 Å². The van der Waals surface area contributed by atoms with Gasteiger partial charge in [0.2, 0.25) is 5.96 Å². The average Bonchev–Trinajstić information content (AvgIpc) is 2.59. The van der Waals surface area contributed by atoms with Crippen molar-refractivity contribution in [2.24, 2.45) is 10.3 Å². The van der Waals surface area contributed by atoms with Gasteiger partial charge in [-0.1, -0.05) is 36.8 Å². The molecule has 2 aromatic rings. The van der Waals surface area contributed by atoms with E-state index in [2.05, 4.69) is 21.1 Å². The van der Waals surface area contributed by atoms with Gasteiger partial charge in [0.1, 0.15) is 4.90 Å². The van der Waals surface area contributed by atoms with E-state index in [1.54, 1.807) is 18.2 Å². The summed E-state index contributed by atoms with van der Waals surface area (Å²) in [6, 6.07) is 14.3. The number of para-hydroxylation sites is 1. The Bertz CT molecular complexity index is 1030. The van der Waals surface area contributed by atoms with E-state index in [9.17, 15) is 13.7 Å². The molecule has 0 bridgehead atoms. The zero-order valence-corrected chi connectivity index (χ0v) is 14.9. The predicted octanol–water partition coefficient (Wildman–Crippen LogP) is 3.09. The van der Waals surface area contributed by atoms with Gasteiger partial charge in [-0.25, -0.2) is 0 Å². The minimum atomic E-state index is -3.80. The molecule has 2 aliphatic rings.